The third kappa shape index (κ3) is 3.61. The number of rotatable bonds is 5. The summed E-state index contributed by atoms with van der Waals surface area (Å²) < 4.78 is 5.49. The van der Waals surface area contributed by atoms with Crippen molar-refractivity contribution in [3.8, 4) is 5.75 Å². The number of hydrogen-bond acceptors (Lipinski definition) is 5. The summed E-state index contributed by atoms with van der Waals surface area (Å²) in [6.07, 6.45) is 0. The molecule has 2 heterocycles. The molecule has 138 valence electrons. The zero-order valence-electron chi connectivity index (χ0n) is 14.7. The van der Waals surface area contributed by atoms with Crippen molar-refractivity contribution in [2.75, 3.05) is 29.1 Å². The third-order valence-corrected chi connectivity index (χ3v) is 5.00. The molecule has 0 fully saturated rings. The van der Waals surface area contributed by atoms with Crippen LogP contribution in [0, 0.1) is 0 Å². The monoisotopic (exact) mass is 382 g/mol. The van der Waals surface area contributed by atoms with E-state index in [1.165, 1.54) is 16.7 Å². The number of thioether (sulfide) groups is 1. The van der Waals surface area contributed by atoms with Crippen LogP contribution in [0.5, 0.6) is 5.75 Å². The van der Waals surface area contributed by atoms with E-state index in [0.29, 0.717) is 23.1 Å². The number of anilines is 2. The summed E-state index contributed by atoms with van der Waals surface area (Å²) >= 11 is 1.31. The molecule has 1 aliphatic rings. The van der Waals surface area contributed by atoms with Gasteiger partial charge < -0.3 is 19.9 Å². The van der Waals surface area contributed by atoms with E-state index in [4.69, 9.17) is 4.74 Å². The van der Waals surface area contributed by atoms with Gasteiger partial charge in [-0.3, -0.25) is 9.59 Å². The highest BCUT2D eigenvalue weighted by Gasteiger charge is 2.26. The van der Waals surface area contributed by atoms with Crippen LogP contribution in [0.25, 0.3) is 11.0 Å². The molecule has 8 heteroatoms. The maximum atomic E-state index is 12.7. The van der Waals surface area contributed by atoms with Crippen LogP contribution in [0.1, 0.15) is 6.92 Å². The number of hydrogen-bond donors (Lipinski definition) is 2. The van der Waals surface area contributed by atoms with Crippen molar-refractivity contribution in [1.29, 1.82) is 0 Å². The van der Waals surface area contributed by atoms with Gasteiger partial charge in [-0.15, -0.1) is 0 Å². The number of carbonyl (C=O) groups is 2. The first-order valence-electron chi connectivity index (χ1n) is 8.58. The van der Waals surface area contributed by atoms with Crippen LogP contribution in [0.3, 0.4) is 0 Å². The van der Waals surface area contributed by atoms with Crippen LogP contribution in [0.4, 0.5) is 11.4 Å². The van der Waals surface area contributed by atoms with Gasteiger partial charge in [0, 0.05) is 6.07 Å². The van der Waals surface area contributed by atoms with Crippen molar-refractivity contribution in [2.45, 2.75) is 12.1 Å². The number of para-hydroxylation sites is 2. The Morgan fingerprint density at radius 2 is 2.15 bits per heavy atom. The lowest BCUT2D eigenvalue weighted by Crippen LogP contribution is -2.43. The van der Waals surface area contributed by atoms with Crippen molar-refractivity contribution in [1.82, 2.24) is 9.97 Å². The first-order valence-corrected chi connectivity index (χ1v) is 9.57. The van der Waals surface area contributed by atoms with Crippen LogP contribution in [0.2, 0.25) is 0 Å². The molecule has 0 bridgehead atoms. The molecule has 0 aliphatic carbocycles. The molecule has 0 unspecified atom stereocenters. The van der Waals surface area contributed by atoms with Crippen LogP contribution in [0.15, 0.2) is 47.6 Å². The van der Waals surface area contributed by atoms with Gasteiger partial charge >= 0.3 is 0 Å². The van der Waals surface area contributed by atoms with E-state index < -0.39 is 0 Å². The number of nitrogens with zero attached hydrogens (tertiary/aromatic N) is 2. The molecule has 27 heavy (non-hydrogen) atoms. The minimum atomic E-state index is -0.195. The van der Waals surface area contributed by atoms with Gasteiger partial charge in [0.2, 0.25) is 11.8 Å². The normalized spacial score (nSPS) is 13.4. The Kier molecular flexibility index (Phi) is 4.72. The van der Waals surface area contributed by atoms with Crippen molar-refractivity contribution in [2.24, 2.45) is 0 Å². The number of imidazole rings is 1. The summed E-state index contributed by atoms with van der Waals surface area (Å²) in [7, 11) is 0. The maximum Gasteiger partial charge on any atom is 0.244 e. The third-order valence-electron chi connectivity index (χ3n) is 4.15. The van der Waals surface area contributed by atoms with E-state index >= 15 is 0 Å². The first kappa shape index (κ1) is 17.4. The molecule has 1 aliphatic heterocycles. The SMILES string of the molecule is CCOc1ccc2nc(SCC(=O)N3CC(=O)Nc4ccccc43)[nH]c2c1. The Morgan fingerprint density at radius 3 is 3.00 bits per heavy atom. The van der Waals surface area contributed by atoms with E-state index in [-0.39, 0.29) is 24.1 Å². The highest BCUT2D eigenvalue weighted by atomic mass is 32.2. The standard InChI is InChI=1S/C19H18N4O3S/c1-2-26-12-7-8-13-15(9-12)22-19(21-13)27-11-18(25)23-10-17(24)20-14-5-3-4-6-16(14)23/h3-9H,2,10-11H2,1H3,(H,20,24)(H,21,22). The molecule has 0 saturated heterocycles. The highest BCUT2D eigenvalue weighted by Crippen LogP contribution is 2.30. The van der Waals surface area contributed by atoms with Crippen LogP contribution in [-0.2, 0) is 9.59 Å². The number of fused-ring (bicyclic) bond motifs is 2. The maximum absolute atomic E-state index is 12.7. The van der Waals surface area contributed by atoms with Gasteiger partial charge in [0.25, 0.3) is 0 Å². The topological polar surface area (TPSA) is 87.3 Å². The second-order valence-electron chi connectivity index (χ2n) is 5.99. The number of benzene rings is 2. The molecular formula is C19H18N4O3S. The number of nitrogens with one attached hydrogen (secondary N) is 2. The van der Waals surface area contributed by atoms with E-state index in [9.17, 15) is 9.59 Å². The van der Waals surface area contributed by atoms with Gasteiger partial charge in [-0.25, -0.2) is 4.98 Å². The molecule has 7 nitrogen and oxygen atoms in total. The fraction of sp³-hybridized carbons (Fsp3) is 0.211. The molecule has 2 amide bonds. The van der Waals surface area contributed by atoms with Gasteiger partial charge in [0.1, 0.15) is 12.3 Å². The second-order valence-corrected chi connectivity index (χ2v) is 6.95. The van der Waals surface area contributed by atoms with Crippen LogP contribution in [-0.4, -0.2) is 40.7 Å². The first-order chi connectivity index (χ1) is 13.1. The van der Waals surface area contributed by atoms with Crippen molar-refractivity contribution >= 4 is 46.0 Å². The van der Waals surface area contributed by atoms with Gasteiger partial charge in [-0.2, -0.15) is 0 Å². The molecule has 3 aromatic rings. The highest BCUT2D eigenvalue weighted by molar-refractivity contribution is 7.99. The van der Waals surface area contributed by atoms with Gasteiger partial charge in [-0.05, 0) is 31.2 Å². The Labute approximate surface area is 160 Å². The molecule has 2 aromatic carbocycles. The zero-order valence-corrected chi connectivity index (χ0v) is 15.5. The predicted octanol–water partition coefficient (Wildman–Crippen LogP) is 3.04. The number of ether oxygens (including phenoxy) is 1. The van der Waals surface area contributed by atoms with Crippen molar-refractivity contribution in [3.05, 3.63) is 42.5 Å². The Balaban J connectivity index is 1.48. The fourth-order valence-corrected chi connectivity index (χ4v) is 3.71. The second kappa shape index (κ2) is 7.32. The average Bonchev–Trinajstić information content (AvgIpc) is 3.08. The quantitative estimate of drug-likeness (QED) is 0.663. The molecule has 1 aromatic heterocycles. The molecule has 2 N–H and O–H groups in total. The number of carbonyl (C=O) groups excluding carboxylic acids is 2. The smallest absolute Gasteiger partial charge is 0.244 e. The lowest BCUT2D eigenvalue weighted by molar-refractivity contribution is -0.120. The number of aromatic amines is 1. The molecule has 0 atom stereocenters. The number of aromatic nitrogens is 2. The molecule has 4 rings (SSSR count). The van der Waals surface area contributed by atoms with E-state index in [1.54, 1.807) is 6.07 Å². The Bertz CT molecular complexity index is 1020. The van der Waals surface area contributed by atoms with E-state index in [1.807, 2.05) is 43.3 Å². The van der Waals surface area contributed by atoms with Gasteiger partial charge in [-0.1, -0.05) is 23.9 Å². The van der Waals surface area contributed by atoms with Crippen molar-refractivity contribution < 1.29 is 14.3 Å². The number of amides is 2. The van der Waals surface area contributed by atoms with Crippen LogP contribution >= 0.6 is 11.8 Å². The largest absolute Gasteiger partial charge is 0.494 e. The van der Waals surface area contributed by atoms with Crippen LogP contribution < -0.4 is 15.0 Å². The van der Waals surface area contributed by atoms with E-state index in [0.717, 1.165) is 16.8 Å². The molecule has 0 radical (unpaired) electrons. The zero-order chi connectivity index (χ0) is 18.8. The summed E-state index contributed by atoms with van der Waals surface area (Å²) in [6, 6.07) is 12.9. The summed E-state index contributed by atoms with van der Waals surface area (Å²) in [6.45, 7) is 2.55. The average molecular weight is 382 g/mol. The van der Waals surface area contributed by atoms with Crippen molar-refractivity contribution in [3.63, 3.8) is 0 Å². The molecule has 0 saturated carbocycles. The lowest BCUT2D eigenvalue weighted by Gasteiger charge is -2.28. The predicted molar refractivity (Wildman–Crippen MR) is 105 cm³/mol. The minimum Gasteiger partial charge on any atom is -0.494 e. The fourth-order valence-electron chi connectivity index (χ4n) is 2.95. The number of H-pyrrole nitrogens is 1. The lowest BCUT2D eigenvalue weighted by atomic mass is 10.2. The van der Waals surface area contributed by atoms with E-state index in [2.05, 4.69) is 15.3 Å². The Morgan fingerprint density at radius 1 is 1.30 bits per heavy atom. The Hall–Kier alpha value is -3.00. The summed E-state index contributed by atoms with van der Waals surface area (Å²) in [5.41, 5.74) is 3.04. The summed E-state index contributed by atoms with van der Waals surface area (Å²) in [4.78, 5) is 33.8. The van der Waals surface area contributed by atoms with Gasteiger partial charge in [0.15, 0.2) is 5.16 Å². The summed E-state index contributed by atoms with van der Waals surface area (Å²) in [5.74, 6) is 0.619. The molecular weight excluding hydrogens is 364 g/mol. The minimum absolute atomic E-state index is 0.0221. The molecule has 0 spiro atoms. The summed E-state index contributed by atoms with van der Waals surface area (Å²) in [5, 5.41) is 3.44. The van der Waals surface area contributed by atoms with Gasteiger partial charge in [0.05, 0.1) is 34.8 Å².